The maximum Gasteiger partial charge on any atom is 0.286 e. The molecule has 0 spiro atoms. The van der Waals surface area contributed by atoms with Crippen molar-refractivity contribution < 1.29 is 9.59 Å². The van der Waals surface area contributed by atoms with Crippen molar-refractivity contribution in [3.05, 3.63) is 72.3 Å². The number of rotatable bonds is 4. The molecule has 1 aliphatic heterocycles. The van der Waals surface area contributed by atoms with Gasteiger partial charge in [0.05, 0.1) is 12.1 Å². The SMILES string of the molecule is Cc1ccc2c(c1)CCCN2C(=O)SCC(=O)Nc1ccc(-n2ccnc2)cc1. The third-order valence-corrected chi connectivity index (χ3v) is 5.73. The molecule has 1 N–H and O–H groups in total. The van der Waals surface area contributed by atoms with E-state index in [1.807, 2.05) is 47.2 Å². The van der Waals surface area contributed by atoms with Crippen LogP contribution in [-0.2, 0) is 11.2 Å². The molecule has 0 saturated carbocycles. The topological polar surface area (TPSA) is 67.2 Å². The number of imidazole rings is 1. The first kappa shape index (κ1) is 19.3. The molecule has 0 aliphatic carbocycles. The van der Waals surface area contributed by atoms with Crippen molar-refractivity contribution >= 4 is 34.3 Å². The maximum absolute atomic E-state index is 12.7. The van der Waals surface area contributed by atoms with Gasteiger partial charge in [-0.25, -0.2) is 4.98 Å². The van der Waals surface area contributed by atoms with Gasteiger partial charge in [0.1, 0.15) is 0 Å². The Morgan fingerprint density at radius 3 is 2.76 bits per heavy atom. The summed E-state index contributed by atoms with van der Waals surface area (Å²) in [6.45, 7) is 2.75. The van der Waals surface area contributed by atoms with Crippen LogP contribution in [0.1, 0.15) is 17.5 Å². The average molecular weight is 407 g/mol. The van der Waals surface area contributed by atoms with Crippen LogP contribution in [0.25, 0.3) is 5.69 Å². The normalized spacial score (nSPS) is 13.1. The number of benzene rings is 2. The number of nitrogens with one attached hydrogen (secondary N) is 1. The van der Waals surface area contributed by atoms with E-state index in [1.165, 1.54) is 11.1 Å². The first-order valence-corrected chi connectivity index (χ1v) is 10.5. The molecule has 7 heteroatoms. The second kappa shape index (κ2) is 8.53. The van der Waals surface area contributed by atoms with Crippen molar-refractivity contribution in [2.45, 2.75) is 19.8 Å². The van der Waals surface area contributed by atoms with E-state index in [4.69, 9.17) is 0 Å². The molecule has 2 heterocycles. The maximum atomic E-state index is 12.7. The highest BCUT2D eigenvalue weighted by Gasteiger charge is 2.23. The highest BCUT2D eigenvalue weighted by Crippen LogP contribution is 2.30. The largest absolute Gasteiger partial charge is 0.325 e. The predicted molar refractivity (Wildman–Crippen MR) is 117 cm³/mol. The van der Waals surface area contributed by atoms with Crippen molar-refractivity contribution in [2.75, 3.05) is 22.5 Å². The molecule has 2 aromatic carbocycles. The Bertz CT molecular complexity index is 1020. The summed E-state index contributed by atoms with van der Waals surface area (Å²) < 4.78 is 1.89. The van der Waals surface area contributed by atoms with Crippen LogP contribution < -0.4 is 10.2 Å². The fraction of sp³-hybridized carbons (Fsp3) is 0.227. The van der Waals surface area contributed by atoms with Gasteiger partial charge in [-0.2, -0.15) is 0 Å². The van der Waals surface area contributed by atoms with Gasteiger partial charge in [0.2, 0.25) is 5.91 Å². The number of carbonyl (C=O) groups excluding carboxylic acids is 2. The first-order valence-electron chi connectivity index (χ1n) is 9.52. The van der Waals surface area contributed by atoms with Crippen molar-refractivity contribution in [3.8, 4) is 5.69 Å². The van der Waals surface area contributed by atoms with Crippen LogP contribution in [0.2, 0.25) is 0 Å². The Labute approximate surface area is 173 Å². The molecular formula is C22H22N4O2S. The molecule has 0 atom stereocenters. The smallest absolute Gasteiger partial charge is 0.286 e. The van der Waals surface area contributed by atoms with Gasteiger partial charge in [0, 0.05) is 36.0 Å². The molecule has 1 aliphatic rings. The van der Waals surface area contributed by atoms with Crippen LogP contribution in [0.5, 0.6) is 0 Å². The third-order valence-electron chi connectivity index (χ3n) is 4.85. The minimum Gasteiger partial charge on any atom is -0.325 e. The second-order valence-electron chi connectivity index (χ2n) is 7.01. The van der Waals surface area contributed by atoms with Crippen LogP contribution in [0.4, 0.5) is 16.2 Å². The highest BCUT2D eigenvalue weighted by molar-refractivity contribution is 8.14. The standard InChI is InChI=1S/C22H22N4O2S/c1-16-4-9-20-17(13-16)3-2-11-26(20)22(28)29-14-21(27)24-18-5-7-19(8-6-18)25-12-10-23-15-25/h4-10,12-13,15H,2-3,11,14H2,1H3,(H,24,27). The van der Waals surface area contributed by atoms with Gasteiger partial charge in [0.25, 0.3) is 5.24 Å². The van der Waals surface area contributed by atoms with E-state index < -0.39 is 0 Å². The van der Waals surface area contributed by atoms with Gasteiger partial charge in [-0.3, -0.25) is 9.59 Å². The molecule has 0 bridgehead atoms. The van der Waals surface area contributed by atoms with Gasteiger partial charge in [0.15, 0.2) is 0 Å². The van der Waals surface area contributed by atoms with Gasteiger partial charge >= 0.3 is 0 Å². The number of carbonyl (C=O) groups is 2. The predicted octanol–water partition coefficient (Wildman–Crippen LogP) is 4.43. The van der Waals surface area contributed by atoms with Crippen LogP contribution in [0, 0.1) is 6.92 Å². The van der Waals surface area contributed by atoms with Crippen molar-refractivity contribution in [1.29, 1.82) is 0 Å². The Morgan fingerprint density at radius 2 is 2.00 bits per heavy atom. The molecular weight excluding hydrogens is 384 g/mol. The van der Waals surface area contributed by atoms with Gasteiger partial charge < -0.3 is 14.8 Å². The average Bonchev–Trinajstić information content (AvgIpc) is 3.27. The number of thioether (sulfide) groups is 1. The summed E-state index contributed by atoms with van der Waals surface area (Å²) >= 11 is 1.04. The van der Waals surface area contributed by atoms with E-state index in [0.29, 0.717) is 12.2 Å². The monoisotopic (exact) mass is 406 g/mol. The Hall–Kier alpha value is -3.06. The van der Waals surface area contributed by atoms with E-state index in [0.717, 1.165) is 36.0 Å². The lowest BCUT2D eigenvalue weighted by atomic mass is 10.0. The number of anilines is 2. The molecule has 0 saturated heterocycles. The van der Waals surface area contributed by atoms with Crippen LogP contribution in [0.3, 0.4) is 0 Å². The highest BCUT2D eigenvalue weighted by atomic mass is 32.2. The molecule has 148 valence electrons. The van der Waals surface area contributed by atoms with Crippen LogP contribution >= 0.6 is 11.8 Å². The quantitative estimate of drug-likeness (QED) is 0.696. The minimum absolute atomic E-state index is 0.0830. The van der Waals surface area contributed by atoms with Crippen LogP contribution in [-0.4, -0.2) is 33.0 Å². The first-order chi connectivity index (χ1) is 14.1. The second-order valence-corrected chi connectivity index (χ2v) is 7.93. The van der Waals surface area contributed by atoms with Gasteiger partial charge in [-0.1, -0.05) is 29.5 Å². The molecule has 0 fully saturated rings. The van der Waals surface area contributed by atoms with Crippen molar-refractivity contribution in [3.63, 3.8) is 0 Å². The number of amides is 2. The molecule has 0 unspecified atom stereocenters. The lowest BCUT2D eigenvalue weighted by Gasteiger charge is -2.29. The Balaban J connectivity index is 1.32. The minimum atomic E-state index is -0.195. The summed E-state index contributed by atoms with van der Waals surface area (Å²) in [6.07, 6.45) is 7.22. The van der Waals surface area contributed by atoms with E-state index in [1.54, 1.807) is 17.4 Å². The number of aromatic nitrogens is 2. The van der Waals surface area contributed by atoms with Crippen molar-refractivity contribution in [2.24, 2.45) is 0 Å². The Morgan fingerprint density at radius 1 is 1.17 bits per heavy atom. The lowest BCUT2D eigenvalue weighted by Crippen LogP contribution is -2.33. The molecule has 6 nitrogen and oxygen atoms in total. The summed E-state index contributed by atoms with van der Waals surface area (Å²) in [5.74, 6) is -0.111. The zero-order valence-electron chi connectivity index (χ0n) is 16.2. The lowest BCUT2D eigenvalue weighted by molar-refractivity contribution is -0.113. The molecule has 0 radical (unpaired) electrons. The number of hydrogen-bond acceptors (Lipinski definition) is 4. The summed E-state index contributed by atoms with van der Waals surface area (Å²) in [4.78, 5) is 30.8. The summed E-state index contributed by atoms with van der Waals surface area (Å²) in [5, 5.41) is 2.76. The van der Waals surface area contributed by atoms with Gasteiger partial charge in [-0.05, 0) is 55.7 Å². The number of hydrogen-bond donors (Lipinski definition) is 1. The molecule has 2 amide bonds. The van der Waals surface area contributed by atoms with E-state index >= 15 is 0 Å². The number of aryl methyl sites for hydroxylation is 2. The molecule has 1 aromatic heterocycles. The number of nitrogens with zero attached hydrogens (tertiary/aromatic N) is 3. The molecule has 29 heavy (non-hydrogen) atoms. The van der Waals surface area contributed by atoms with Crippen molar-refractivity contribution in [1.82, 2.24) is 9.55 Å². The number of fused-ring (bicyclic) bond motifs is 1. The van der Waals surface area contributed by atoms with Crippen LogP contribution in [0.15, 0.2) is 61.2 Å². The zero-order chi connectivity index (χ0) is 20.2. The molecule has 4 rings (SSSR count). The fourth-order valence-electron chi connectivity index (χ4n) is 3.45. The summed E-state index contributed by atoms with van der Waals surface area (Å²) in [5.41, 5.74) is 5.03. The van der Waals surface area contributed by atoms with E-state index in [9.17, 15) is 9.59 Å². The van der Waals surface area contributed by atoms with E-state index in [2.05, 4.69) is 23.3 Å². The third kappa shape index (κ3) is 4.51. The molecule has 3 aromatic rings. The summed E-state index contributed by atoms with van der Waals surface area (Å²) in [6, 6.07) is 13.6. The zero-order valence-corrected chi connectivity index (χ0v) is 17.0. The Kier molecular flexibility index (Phi) is 5.67. The fourth-order valence-corrected chi connectivity index (χ4v) is 4.12. The van der Waals surface area contributed by atoms with Gasteiger partial charge in [-0.15, -0.1) is 0 Å². The summed E-state index contributed by atoms with van der Waals surface area (Å²) in [7, 11) is 0. The van der Waals surface area contributed by atoms with E-state index in [-0.39, 0.29) is 16.9 Å².